The maximum Gasteiger partial charge on any atom is 0.201 e. The zero-order valence-corrected chi connectivity index (χ0v) is 11.6. The monoisotopic (exact) mass is 295 g/mol. The van der Waals surface area contributed by atoms with Gasteiger partial charge in [-0.3, -0.25) is 0 Å². The predicted octanol–water partition coefficient (Wildman–Crippen LogP) is 4.18. The molecule has 0 saturated heterocycles. The Labute approximate surface area is 121 Å². The Balaban J connectivity index is 2.19. The van der Waals surface area contributed by atoms with E-state index in [4.69, 9.17) is 10.5 Å². The van der Waals surface area contributed by atoms with Crippen LogP contribution >= 0.6 is 0 Å². The van der Waals surface area contributed by atoms with Gasteiger partial charge in [-0.05, 0) is 42.7 Å². The molecule has 0 bridgehead atoms. The summed E-state index contributed by atoms with van der Waals surface area (Å²) in [4.78, 5) is 0. The van der Waals surface area contributed by atoms with E-state index in [0.29, 0.717) is 6.42 Å². The van der Waals surface area contributed by atoms with E-state index in [0.717, 1.165) is 18.1 Å². The normalized spacial score (nSPS) is 12.2. The summed E-state index contributed by atoms with van der Waals surface area (Å²) < 4.78 is 45.6. The van der Waals surface area contributed by atoms with Crippen molar-refractivity contribution in [2.24, 2.45) is 5.73 Å². The van der Waals surface area contributed by atoms with Gasteiger partial charge in [0.1, 0.15) is 0 Å². The summed E-state index contributed by atoms with van der Waals surface area (Å²) in [6.07, 6.45) is 1.33. The van der Waals surface area contributed by atoms with Crippen molar-refractivity contribution in [3.05, 3.63) is 59.4 Å². The summed E-state index contributed by atoms with van der Waals surface area (Å²) in [6, 6.07) is 7.79. The molecule has 0 radical (unpaired) electrons. The summed E-state index contributed by atoms with van der Waals surface area (Å²) in [7, 11) is 0. The molecule has 5 heteroatoms. The molecule has 0 aliphatic rings. The van der Waals surface area contributed by atoms with Gasteiger partial charge in [0, 0.05) is 6.04 Å². The second-order valence-corrected chi connectivity index (χ2v) is 4.79. The zero-order chi connectivity index (χ0) is 15.4. The highest BCUT2D eigenvalue weighted by atomic mass is 19.2. The molecule has 1 unspecified atom stereocenters. The Kier molecular flexibility index (Phi) is 4.85. The number of hydrogen-bond acceptors (Lipinski definition) is 2. The van der Waals surface area contributed by atoms with Gasteiger partial charge in [-0.2, -0.15) is 4.39 Å². The van der Waals surface area contributed by atoms with Crippen LogP contribution in [-0.4, -0.2) is 6.04 Å². The smallest absolute Gasteiger partial charge is 0.201 e. The van der Waals surface area contributed by atoms with Crippen molar-refractivity contribution in [2.45, 2.75) is 25.8 Å². The average molecular weight is 295 g/mol. The molecule has 2 aromatic carbocycles. The second kappa shape index (κ2) is 6.63. The van der Waals surface area contributed by atoms with Crippen molar-refractivity contribution < 1.29 is 17.9 Å². The van der Waals surface area contributed by atoms with Crippen molar-refractivity contribution >= 4 is 0 Å². The molecule has 0 aromatic heterocycles. The molecular weight excluding hydrogens is 279 g/mol. The molecule has 2 N–H and O–H groups in total. The maximum absolute atomic E-state index is 13.9. The lowest BCUT2D eigenvalue weighted by Crippen LogP contribution is -2.21. The first kappa shape index (κ1) is 15.4. The van der Waals surface area contributed by atoms with E-state index >= 15 is 0 Å². The summed E-state index contributed by atoms with van der Waals surface area (Å²) in [5.41, 5.74) is 6.54. The second-order valence-electron chi connectivity index (χ2n) is 4.79. The van der Waals surface area contributed by atoms with E-state index in [-0.39, 0.29) is 17.5 Å². The Morgan fingerprint density at radius 2 is 1.81 bits per heavy atom. The largest absolute Gasteiger partial charge is 0.451 e. The zero-order valence-electron chi connectivity index (χ0n) is 11.6. The minimum atomic E-state index is -1.14. The molecule has 0 aliphatic carbocycles. The van der Waals surface area contributed by atoms with Crippen LogP contribution in [0.5, 0.6) is 11.5 Å². The fraction of sp³-hybridized carbons (Fsp3) is 0.250. The van der Waals surface area contributed by atoms with Gasteiger partial charge in [-0.1, -0.05) is 19.1 Å². The standard InChI is InChI=1S/C16H16F3NO/c1-2-11(20)8-10-6-7-14(13(18)9-10)21-15-5-3-4-12(17)16(15)19/h3-7,9,11H,2,8,20H2,1H3. The Bertz CT molecular complexity index is 631. The van der Waals surface area contributed by atoms with Crippen LogP contribution in [0.3, 0.4) is 0 Å². The lowest BCUT2D eigenvalue weighted by Gasteiger charge is -2.11. The number of hydrogen-bond donors (Lipinski definition) is 1. The van der Waals surface area contributed by atoms with Crippen LogP contribution in [0.15, 0.2) is 36.4 Å². The lowest BCUT2D eigenvalue weighted by molar-refractivity contribution is 0.396. The number of rotatable bonds is 5. The molecule has 2 rings (SSSR count). The molecule has 112 valence electrons. The van der Waals surface area contributed by atoms with Gasteiger partial charge in [-0.25, -0.2) is 8.78 Å². The molecule has 0 amide bonds. The Morgan fingerprint density at radius 1 is 1.05 bits per heavy atom. The van der Waals surface area contributed by atoms with Crippen LogP contribution in [0.2, 0.25) is 0 Å². The minimum Gasteiger partial charge on any atom is -0.451 e. The molecule has 0 aliphatic heterocycles. The van der Waals surface area contributed by atoms with Crippen LogP contribution in [0, 0.1) is 17.5 Å². The molecule has 1 atom stereocenters. The minimum absolute atomic E-state index is 0.0446. The molecule has 2 aromatic rings. The van der Waals surface area contributed by atoms with Crippen molar-refractivity contribution in [1.29, 1.82) is 0 Å². The molecule has 0 fully saturated rings. The summed E-state index contributed by atoms with van der Waals surface area (Å²) >= 11 is 0. The van der Waals surface area contributed by atoms with E-state index in [1.807, 2.05) is 6.92 Å². The van der Waals surface area contributed by atoms with E-state index in [2.05, 4.69) is 0 Å². The van der Waals surface area contributed by atoms with Crippen LogP contribution in [0.1, 0.15) is 18.9 Å². The highest BCUT2D eigenvalue weighted by Crippen LogP contribution is 2.28. The third kappa shape index (κ3) is 3.76. The first-order valence-corrected chi connectivity index (χ1v) is 6.67. The molecular formula is C16H16F3NO. The average Bonchev–Trinajstić information content (AvgIpc) is 2.46. The molecule has 21 heavy (non-hydrogen) atoms. The lowest BCUT2D eigenvalue weighted by atomic mass is 10.0. The van der Waals surface area contributed by atoms with E-state index in [1.54, 1.807) is 6.07 Å². The van der Waals surface area contributed by atoms with Gasteiger partial charge < -0.3 is 10.5 Å². The van der Waals surface area contributed by atoms with E-state index < -0.39 is 17.5 Å². The van der Waals surface area contributed by atoms with E-state index in [1.165, 1.54) is 24.3 Å². The van der Waals surface area contributed by atoms with Crippen LogP contribution in [-0.2, 0) is 6.42 Å². The van der Waals surface area contributed by atoms with Gasteiger partial charge in [-0.15, -0.1) is 0 Å². The van der Waals surface area contributed by atoms with Gasteiger partial charge in [0.25, 0.3) is 0 Å². The fourth-order valence-electron chi connectivity index (χ4n) is 1.88. The molecule has 0 heterocycles. The first-order valence-electron chi connectivity index (χ1n) is 6.67. The van der Waals surface area contributed by atoms with Crippen molar-refractivity contribution in [2.75, 3.05) is 0 Å². The van der Waals surface area contributed by atoms with Crippen LogP contribution in [0.4, 0.5) is 13.2 Å². The Morgan fingerprint density at radius 3 is 2.48 bits per heavy atom. The summed E-state index contributed by atoms with van der Waals surface area (Å²) in [5.74, 6) is -3.34. The third-order valence-corrected chi connectivity index (χ3v) is 3.15. The predicted molar refractivity (Wildman–Crippen MR) is 74.8 cm³/mol. The number of nitrogens with two attached hydrogens (primary N) is 1. The third-order valence-electron chi connectivity index (χ3n) is 3.15. The topological polar surface area (TPSA) is 35.2 Å². The summed E-state index contributed by atoms with van der Waals surface area (Å²) in [6.45, 7) is 1.95. The maximum atomic E-state index is 13.9. The van der Waals surface area contributed by atoms with Gasteiger partial charge in [0.2, 0.25) is 5.82 Å². The quantitative estimate of drug-likeness (QED) is 0.898. The molecule has 0 saturated carbocycles. The molecule has 0 spiro atoms. The number of benzene rings is 2. The Hall–Kier alpha value is -2.01. The van der Waals surface area contributed by atoms with Crippen molar-refractivity contribution in [3.8, 4) is 11.5 Å². The highest BCUT2D eigenvalue weighted by molar-refractivity contribution is 5.35. The van der Waals surface area contributed by atoms with Gasteiger partial charge >= 0.3 is 0 Å². The summed E-state index contributed by atoms with van der Waals surface area (Å²) in [5, 5.41) is 0. The van der Waals surface area contributed by atoms with Crippen molar-refractivity contribution in [3.63, 3.8) is 0 Å². The van der Waals surface area contributed by atoms with Crippen LogP contribution < -0.4 is 10.5 Å². The number of ether oxygens (including phenoxy) is 1. The highest BCUT2D eigenvalue weighted by Gasteiger charge is 2.13. The number of halogens is 3. The molecule has 2 nitrogen and oxygen atoms in total. The van der Waals surface area contributed by atoms with Crippen LogP contribution in [0.25, 0.3) is 0 Å². The van der Waals surface area contributed by atoms with Gasteiger partial charge in [0.15, 0.2) is 23.1 Å². The van der Waals surface area contributed by atoms with E-state index in [9.17, 15) is 13.2 Å². The first-order chi connectivity index (χ1) is 10.0. The van der Waals surface area contributed by atoms with Crippen molar-refractivity contribution in [1.82, 2.24) is 0 Å². The fourth-order valence-corrected chi connectivity index (χ4v) is 1.88. The SMILES string of the molecule is CCC(N)Cc1ccc(Oc2cccc(F)c2F)c(F)c1. The van der Waals surface area contributed by atoms with Gasteiger partial charge in [0.05, 0.1) is 0 Å².